The van der Waals surface area contributed by atoms with Crippen LogP contribution in [0.3, 0.4) is 0 Å². The van der Waals surface area contributed by atoms with E-state index in [4.69, 9.17) is 5.11 Å². The van der Waals surface area contributed by atoms with Gasteiger partial charge in [0.05, 0.1) is 0 Å². The van der Waals surface area contributed by atoms with E-state index in [1.54, 1.807) is 0 Å². The molecule has 4 nitrogen and oxygen atoms in total. The number of carbonyl (C=O) groups excluding carboxylic acids is 1. The first-order valence-electron chi connectivity index (χ1n) is 7.50. The van der Waals surface area contributed by atoms with Crippen molar-refractivity contribution >= 4 is 11.9 Å². The lowest BCUT2D eigenvalue weighted by Gasteiger charge is -2.36. The number of aliphatic carboxylic acids is 1. The summed E-state index contributed by atoms with van der Waals surface area (Å²) in [7, 11) is 0. The molecule has 0 aromatic rings. The maximum Gasteiger partial charge on any atom is 0.303 e. The molecule has 1 aliphatic heterocycles. The summed E-state index contributed by atoms with van der Waals surface area (Å²) < 4.78 is 0. The van der Waals surface area contributed by atoms with Crippen LogP contribution in [0.15, 0.2) is 0 Å². The SMILES string of the molecule is CCC1(C)CC1C(=O)N1CCCCC1CCC(=O)O. The zero-order valence-electron chi connectivity index (χ0n) is 12.0. The number of carboxylic acids is 1. The molecule has 0 bridgehead atoms. The fraction of sp³-hybridized carbons (Fsp3) is 0.867. The lowest BCUT2D eigenvalue weighted by molar-refractivity contribution is -0.141. The molecule has 2 rings (SSSR count). The number of likely N-dealkylation sites (tertiary alicyclic amines) is 1. The highest BCUT2D eigenvalue weighted by atomic mass is 16.4. The van der Waals surface area contributed by atoms with Crippen LogP contribution in [-0.4, -0.2) is 34.5 Å². The Morgan fingerprint density at radius 3 is 2.68 bits per heavy atom. The van der Waals surface area contributed by atoms with Gasteiger partial charge in [-0.3, -0.25) is 9.59 Å². The molecule has 1 N–H and O–H groups in total. The molecule has 0 spiro atoms. The second-order valence-electron chi connectivity index (χ2n) is 6.38. The van der Waals surface area contributed by atoms with Gasteiger partial charge in [0, 0.05) is 24.9 Å². The zero-order chi connectivity index (χ0) is 14.0. The topological polar surface area (TPSA) is 57.6 Å². The fourth-order valence-electron chi connectivity index (χ4n) is 3.26. The van der Waals surface area contributed by atoms with Crippen LogP contribution in [0.4, 0.5) is 0 Å². The number of rotatable bonds is 5. The monoisotopic (exact) mass is 267 g/mol. The third-order valence-electron chi connectivity index (χ3n) is 5.06. The van der Waals surface area contributed by atoms with E-state index in [2.05, 4.69) is 13.8 Å². The summed E-state index contributed by atoms with van der Waals surface area (Å²) in [6, 6.07) is 0.152. The number of amides is 1. The van der Waals surface area contributed by atoms with Gasteiger partial charge in [-0.2, -0.15) is 0 Å². The minimum absolute atomic E-state index is 0.152. The predicted molar refractivity (Wildman–Crippen MR) is 72.7 cm³/mol. The van der Waals surface area contributed by atoms with E-state index >= 15 is 0 Å². The highest BCUT2D eigenvalue weighted by molar-refractivity contribution is 5.83. The van der Waals surface area contributed by atoms with Gasteiger partial charge in [-0.15, -0.1) is 0 Å². The molecule has 3 atom stereocenters. The van der Waals surface area contributed by atoms with Crippen LogP contribution in [0.25, 0.3) is 0 Å². The number of nitrogens with zero attached hydrogens (tertiary/aromatic N) is 1. The Kier molecular flexibility index (Phi) is 4.16. The third kappa shape index (κ3) is 3.10. The van der Waals surface area contributed by atoms with Gasteiger partial charge >= 0.3 is 5.97 Å². The standard InChI is InChI=1S/C15H25NO3/c1-3-15(2)10-12(15)14(19)16-9-5-4-6-11(16)7-8-13(17)18/h11-12H,3-10H2,1-2H3,(H,17,18). The van der Waals surface area contributed by atoms with Gasteiger partial charge < -0.3 is 10.0 Å². The molecule has 4 heteroatoms. The summed E-state index contributed by atoms with van der Waals surface area (Å²) in [5, 5.41) is 8.81. The highest BCUT2D eigenvalue weighted by Crippen LogP contribution is 2.55. The summed E-state index contributed by atoms with van der Waals surface area (Å²) in [6.45, 7) is 5.15. The second-order valence-corrected chi connectivity index (χ2v) is 6.38. The summed E-state index contributed by atoms with van der Waals surface area (Å²) >= 11 is 0. The molecule has 1 saturated carbocycles. The van der Waals surface area contributed by atoms with Crippen LogP contribution in [0.2, 0.25) is 0 Å². The van der Waals surface area contributed by atoms with Crippen LogP contribution in [0, 0.1) is 11.3 Å². The van der Waals surface area contributed by atoms with Crippen molar-refractivity contribution in [3.8, 4) is 0 Å². The van der Waals surface area contributed by atoms with E-state index in [0.29, 0.717) is 6.42 Å². The quantitative estimate of drug-likeness (QED) is 0.833. The van der Waals surface area contributed by atoms with Crippen LogP contribution in [0.1, 0.15) is 58.8 Å². The molecule has 2 aliphatic rings. The number of carboxylic acid groups (broad SMARTS) is 1. The normalized spacial score (nSPS) is 34.1. The van der Waals surface area contributed by atoms with Gasteiger partial charge in [0.1, 0.15) is 0 Å². The van der Waals surface area contributed by atoms with Gasteiger partial charge in [-0.1, -0.05) is 13.8 Å². The molecular formula is C15H25NO3. The van der Waals surface area contributed by atoms with E-state index in [1.165, 1.54) is 0 Å². The average molecular weight is 267 g/mol. The number of hydrogen-bond donors (Lipinski definition) is 1. The summed E-state index contributed by atoms with van der Waals surface area (Å²) in [6.07, 6.45) is 5.98. The molecule has 1 amide bonds. The molecule has 19 heavy (non-hydrogen) atoms. The summed E-state index contributed by atoms with van der Waals surface area (Å²) in [4.78, 5) is 25.3. The van der Waals surface area contributed by atoms with Crippen molar-refractivity contribution in [2.45, 2.75) is 64.8 Å². The fourth-order valence-corrected chi connectivity index (χ4v) is 3.26. The molecule has 108 valence electrons. The van der Waals surface area contributed by atoms with Crippen LogP contribution in [0.5, 0.6) is 0 Å². The zero-order valence-corrected chi connectivity index (χ0v) is 12.0. The minimum Gasteiger partial charge on any atom is -0.481 e. The average Bonchev–Trinajstić information content (AvgIpc) is 3.09. The third-order valence-corrected chi connectivity index (χ3v) is 5.06. The van der Waals surface area contributed by atoms with E-state index in [0.717, 1.165) is 38.6 Å². The lowest BCUT2D eigenvalue weighted by Crippen LogP contribution is -2.45. The molecule has 0 aromatic carbocycles. The van der Waals surface area contributed by atoms with Crippen molar-refractivity contribution in [2.24, 2.45) is 11.3 Å². The van der Waals surface area contributed by atoms with Crippen LogP contribution < -0.4 is 0 Å². The number of carbonyl (C=O) groups is 2. The van der Waals surface area contributed by atoms with Crippen molar-refractivity contribution in [1.82, 2.24) is 4.90 Å². The Hall–Kier alpha value is -1.06. The molecule has 2 fully saturated rings. The molecular weight excluding hydrogens is 242 g/mol. The molecule has 1 heterocycles. The Morgan fingerprint density at radius 1 is 1.37 bits per heavy atom. The van der Waals surface area contributed by atoms with Crippen molar-refractivity contribution in [1.29, 1.82) is 0 Å². The van der Waals surface area contributed by atoms with Gasteiger partial charge in [-0.05, 0) is 43.9 Å². The lowest BCUT2D eigenvalue weighted by atomic mass is 9.96. The maximum atomic E-state index is 12.6. The minimum atomic E-state index is -0.761. The van der Waals surface area contributed by atoms with Crippen molar-refractivity contribution < 1.29 is 14.7 Å². The molecule has 1 aliphatic carbocycles. The predicted octanol–water partition coefficient (Wildman–Crippen LogP) is 2.67. The largest absolute Gasteiger partial charge is 0.481 e. The highest BCUT2D eigenvalue weighted by Gasteiger charge is 2.54. The van der Waals surface area contributed by atoms with Gasteiger partial charge in [0.25, 0.3) is 0 Å². The van der Waals surface area contributed by atoms with E-state index in [-0.39, 0.29) is 29.7 Å². The summed E-state index contributed by atoms with van der Waals surface area (Å²) in [5.41, 5.74) is 0.200. The Labute approximate surface area is 115 Å². The van der Waals surface area contributed by atoms with Gasteiger partial charge in [0.2, 0.25) is 5.91 Å². The second kappa shape index (κ2) is 5.51. The molecule has 1 saturated heterocycles. The van der Waals surface area contributed by atoms with Gasteiger partial charge in [0.15, 0.2) is 0 Å². The first-order chi connectivity index (χ1) is 8.98. The number of hydrogen-bond acceptors (Lipinski definition) is 2. The Bertz CT molecular complexity index is 368. The Morgan fingerprint density at radius 2 is 2.11 bits per heavy atom. The van der Waals surface area contributed by atoms with Crippen LogP contribution in [-0.2, 0) is 9.59 Å². The van der Waals surface area contributed by atoms with Crippen LogP contribution >= 0.6 is 0 Å². The Balaban J connectivity index is 1.95. The first-order valence-corrected chi connectivity index (χ1v) is 7.50. The summed E-state index contributed by atoms with van der Waals surface area (Å²) in [5.74, 6) is -0.301. The number of piperidine rings is 1. The van der Waals surface area contributed by atoms with E-state index in [9.17, 15) is 9.59 Å². The van der Waals surface area contributed by atoms with Crippen molar-refractivity contribution in [3.05, 3.63) is 0 Å². The first kappa shape index (κ1) is 14.4. The molecule has 0 radical (unpaired) electrons. The van der Waals surface area contributed by atoms with Crippen molar-refractivity contribution in [2.75, 3.05) is 6.54 Å². The van der Waals surface area contributed by atoms with E-state index < -0.39 is 5.97 Å². The van der Waals surface area contributed by atoms with Gasteiger partial charge in [-0.25, -0.2) is 0 Å². The molecule has 0 aromatic heterocycles. The maximum absolute atomic E-state index is 12.6. The van der Waals surface area contributed by atoms with E-state index in [1.807, 2.05) is 4.90 Å². The molecule has 3 unspecified atom stereocenters. The smallest absolute Gasteiger partial charge is 0.303 e. The van der Waals surface area contributed by atoms with Crippen molar-refractivity contribution in [3.63, 3.8) is 0 Å².